The molecule has 0 aliphatic carbocycles. The zero-order valence-corrected chi connectivity index (χ0v) is 20.8. The van der Waals surface area contributed by atoms with Crippen molar-refractivity contribution in [2.45, 2.75) is 76.5 Å². The van der Waals surface area contributed by atoms with Gasteiger partial charge in [0, 0.05) is 19.4 Å². The molecule has 11 nitrogen and oxygen atoms in total. The van der Waals surface area contributed by atoms with Gasteiger partial charge in [-0.1, -0.05) is 44.2 Å². The van der Waals surface area contributed by atoms with Crippen LogP contribution in [0.3, 0.4) is 0 Å². The Bertz CT molecular complexity index is 938. The molecule has 1 fully saturated rings. The molecular formula is C25H37N5O6. The minimum absolute atomic E-state index is 0.0328. The van der Waals surface area contributed by atoms with E-state index >= 15 is 0 Å². The lowest BCUT2D eigenvalue weighted by Gasteiger charge is -2.29. The summed E-state index contributed by atoms with van der Waals surface area (Å²) < 4.78 is 0. The van der Waals surface area contributed by atoms with Crippen LogP contribution < -0.4 is 22.1 Å². The number of primary amides is 1. The number of amides is 4. The smallest absolute Gasteiger partial charge is 0.326 e. The first kappa shape index (κ1) is 28.8. The molecule has 0 saturated carbocycles. The molecule has 0 aromatic heterocycles. The summed E-state index contributed by atoms with van der Waals surface area (Å²) in [5, 5.41) is 14.8. The average molecular weight is 504 g/mol. The van der Waals surface area contributed by atoms with Crippen LogP contribution in [-0.2, 0) is 30.4 Å². The van der Waals surface area contributed by atoms with E-state index in [2.05, 4.69) is 10.6 Å². The van der Waals surface area contributed by atoms with E-state index in [9.17, 15) is 29.1 Å². The van der Waals surface area contributed by atoms with E-state index < -0.39 is 53.8 Å². The van der Waals surface area contributed by atoms with Gasteiger partial charge in [-0.2, -0.15) is 0 Å². The third-order valence-electron chi connectivity index (χ3n) is 6.09. The molecule has 0 bridgehead atoms. The summed E-state index contributed by atoms with van der Waals surface area (Å²) in [6, 6.07) is 5.10. The lowest BCUT2D eigenvalue weighted by atomic mass is 10.0. The van der Waals surface area contributed by atoms with E-state index in [0.717, 1.165) is 5.56 Å². The van der Waals surface area contributed by atoms with E-state index in [4.69, 9.17) is 11.5 Å². The molecule has 1 aliphatic heterocycles. The van der Waals surface area contributed by atoms with Crippen LogP contribution in [0.25, 0.3) is 0 Å². The van der Waals surface area contributed by atoms with Gasteiger partial charge in [0.05, 0.1) is 6.04 Å². The number of rotatable bonds is 13. The van der Waals surface area contributed by atoms with Crippen LogP contribution >= 0.6 is 0 Å². The van der Waals surface area contributed by atoms with E-state index in [1.165, 1.54) is 4.90 Å². The number of nitrogens with one attached hydrogen (secondary N) is 2. The van der Waals surface area contributed by atoms with Crippen LogP contribution in [0.4, 0.5) is 0 Å². The minimum atomic E-state index is -1.15. The standard InChI is InChI=1S/C25H37N5O6/c1-15(2)13-19(25(35)36)29-22(32)18(14-16-7-4-3-5-8-16)28-23(33)20-9-6-12-30(20)24(34)17(26)10-11-21(27)31/h3-5,7-8,15,17-20H,6,9-14,26H2,1-2H3,(H2,27,31)(H,28,33)(H,29,32)(H,35,36). The molecule has 1 aromatic rings. The topological polar surface area (TPSA) is 185 Å². The van der Waals surface area contributed by atoms with Gasteiger partial charge in [0.2, 0.25) is 23.6 Å². The lowest BCUT2D eigenvalue weighted by molar-refractivity contribution is -0.143. The van der Waals surface area contributed by atoms with Crippen molar-refractivity contribution in [3.63, 3.8) is 0 Å². The van der Waals surface area contributed by atoms with E-state index in [1.807, 2.05) is 19.9 Å². The monoisotopic (exact) mass is 503 g/mol. The predicted molar refractivity (Wildman–Crippen MR) is 132 cm³/mol. The Morgan fingerprint density at radius 1 is 1.08 bits per heavy atom. The van der Waals surface area contributed by atoms with Gasteiger partial charge < -0.3 is 32.1 Å². The van der Waals surface area contributed by atoms with Crippen LogP contribution in [0.2, 0.25) is 0 Å². The fourth-order valence-corrected chi connectivity index (χ4v) is 4.23. The number of aliphatic carboxylic acids is 1. The number of carbonyl (C=O) groups is 5. The van der Waals surface area contributed by atoms with Gasteiger partial charge in [-0.05, 0) is 37.2 Å². The molecule has 1 saturated heterocycles. The Kier molecular flexibility index (Phi) is 10.8. The molecular weight excluding hydrogens is 466 g/mol. The molecule has 198 valence electrons. The number of carbonyl (C=O) groups excluding carboxylic acids is 4. The second-order valence-electron chi connectivity index (χ2n) is 9.58. The summed E-state index contributed by atoms with van der Waals surface area (Å²) in [7, 11) is 0. The maximum Gasteiger partial charge on any atom is 0.326 e. The summed E-state index contributed by atoms with van der Waals surface area (Å²) >= 11 is 0. The highest BCUT2D eigenvalue weighted by Gasteiger charge is 2.38. The highest BCUT2D eigenvalue weighted by Crippen LogP contribution is 2.20. The second kappa shape index (κ2) is 13.6. The third kappa shape index (κ3) is 8.63. The zero-order valence-electron chi connectivity index (χ0n) is 20.8. The first-order chi connectivity index (χ1) is 17.0. The number of likely N-dealkylation sites (tertiary alicyclic amines) is 1. The Morgan fingerprint density at radius 2 is 1.75 bits per heavy atom. The molecule has 11 heteroatoms. The molecule has 0 radical (unpaired) electrons. The maximum absolute atomic E-state index is 13.2. The molecule has 1 aliphatic rings. The highest BCUT2D eigenvalue weighted by molar-refractivity contribution is 5.94. The zero-order chi connectivity index (χ0) is 26.8. The van der Waals surface area contributed by atoms with E-state index in [1.54, 1.807) is 24.3 Å². The van der Waals surface area contributed by atoms with Gasteiger partial charge in [-0.15, -0.1) is 0 Å². The summed E-state index contributed by atoms with van der Waals surface area (Å²) in [5.74, 6) is -3.28. The number of nitrogens with two attached hydrogens (primary N) is 2. The van der Waals surface area contributed by atoms with Crippen LogP contribution in [0.15, 0.2) is 30.3 Å². The summed E-state index contributed by atoms with van der Waals surface area (Å²) in [4.78, 5) is 63.3. The van der Waals surface area contributed by atoms with E-state index in [-0.39, 0.29) is 31.6 Å². The summed E-state index contributed by atoms with van der Waals surface area (Å²) in [5.41, 5.74) is 11.8. The lowest BCUT2D eigenvalue weighted by Crippen LogP contribution is -2.57. The number of hydrogen-bond acceptors (Lipinski definition) is 6. The molecule has 0 spiro atoms. The van der Waals surface area contributed by atoms with Gasteiger partial charge in [0.1, 0.15) is 18.1 Å². The Balaban J connectivity index is 2.17. The Morgan fingerprint density at radius 3 is 2.33 bits per heavy atom. The number of carboxylic acid groups (broad SMARTS) is 1. The first-order valence-electron chi connectivity index (χ1n) is 12.2. The molecule has 1 aromatic carbocycles. The average Bonchev–Trinajstić information content (AvgIpc) is 3.31. The van der Waals surface area contributed by atoms with Crippen molar-refractivity contribution in [3.8, 4) is 0 Å². The van der Waals surface area contributed by atoms with Crippen molar-refractivity contribution in [1.82, 2.24) is 15.5 Å². The van der Waals surface area contributed by atoms with Gasteiger partial charge in [0.25, 0.3) is 0 Å². The third-order valence-corrected chi connectivity index (χ3v) is 6.09. The number of hydrogen-bond donors (Lipinski definition) is 5. The Labute approximate surface area is 211 Å². The summed E-state index contributed by atoms with van der Waals surface area (Å²) in [6.45, 7) is 4.03. The highest BCUT2D eigenvalue weighted by atomic mass is 16.4. The molecule has 1 heterocycles. The maximum atomic E-state index is 13.2. The van der Waals surface area contributed by atoms with Gasteiger partial charge >= 0.3 is 5.97 Å². The largest absolute Gasteiger partial charge is 0.480 e. The van der Waals surface area contributed by atoms with Crippen molar-refractivity contribution in [2.75, 3.05) is 6.54 Å². The minimum Gasteiger partial charge on any atom is -0.480 e. The number of nitrogens with zero attached hydrogens (tertiary/aromatic N) is 1. The number of carboxylic acids is 1. The molecule has 4 unspecified atom stereocenters. The van der Waals surface area contributed by atoms with Gasteiger partial charge in [-0.25, -0.2) is 4.79 Å². The quantitative estimate of drug-likeness (QED) is 0.249. The molecule has 4 atom stereocenters. The second-order valence-corrected chi connectivity index (χ2v) is 9.58. The van der Waals surface area contributed by atoms with Crippen LogP contribution in [0.5, 0.6) is 0 Å². The Hall–Kier alpha value is -3.47. The van der Waals surface area contributed by atoms with Gasteiger partial charge in [0.15, 0.2) is 0 Å². The van der Waals surface area contributed by atoms with E-state index in [0.29, 0.717) is 19.4 Å². The van der Waals surface area contributed by atoms with Crippen LogP contribution in [-0.4, -0.2) is 70.3 Å². The van der Waals surface area contributed by atoms with Gasteiger partial charge in [-0.3, -0.25) is 19.2 Å². The molecule has 36 heavy (non-hydrogen) atoms. The van der Waals surface area contributed by atoms with Crippen molar-refractivity contribution >= 4 is 29.6 Å². The molecule has 2 rings (SSSR count). The predicted octanol–water partition coefficient (Wildman–Crippen LogP) is -0.0868. The number of benzene rings is 1. The molecule has 7 N–H and O–H groups in total. The molecule has 4 amide bonds. The van der Waals surface area contributed by atoms with Crippen molar-refractivity contribution in [2.24, 2.45) is 17.4 Å². The van der Waals surface area contributed by atoms with Crippen molar-refractivity contribution in [3.05, 3.63) is 35.9 Å². The fraction of sp³-hybridized carbons (Fsp3) is 0.560. The SMILES string of the molecule is CC(C)CC(NC(=O)C(Cc1ccccc1)NC(=O)C1CCCN1C(=O)C(N)CCC(N)=O)C(=O)O. The summed E-state index contributed by atoms with van der Waals surface area (Å²) in [6.07, 6.45) is 1.39. The van der Waals surface area contributed by atoms with Crippen LogP contribution in [0.1, 0.15) is 51.5 Å². The van der Waals surface area contributed by atoms with Crippen LogP contribution in [0, 0.1) is 5.92 Å². The van der Waals surface area contributed by atoms with Crippen molar-refractivity contribution in [1.29, 1.82) is 0 Å². The normalized spacial score (nSPS) is 17.8. The van der Waals surface area contributed by atoms with Crippen molar-refractivity contribution < 1.29 is 29.1 Å². The first-order valence-corrected chi connectivity index (χ1v) is 12.2. The fourth-order valence-electron chi connectivity index (χ4n) is 4.23.